The molecule has 0 radical (unpaired) electrons. The molecule has 0 saturated carbocycles. The Morgan fingerprint density at radius 1 is 1.47 bits per heavy atom. The van der Waals surface area contributed by atoms with Crippen molar-refractivity contribution in [2.45, 2.75) is 13.2 Å². The molecular weight excluding hydrogens is 216 g/mol. The number of benzene rings is 1. The molecule has 0 aliphatic heterocycles. The molecule has 90 valence electrons. The summed E-state index contributed by atoms with van der Waals surface area (Å²) in [4.78, 5) is 0. The Morgan fingerprint density at radius 2 is 2.06 bits per heavy atom. The van der Waals surface area contributed by atoms with Crippen molar-refractivity contribution in [1.29, 1.82) is 5.41 Å². The molecule has 0 amide bonds. The van der Waals surface area contributed by atoms with Gasteiger partial charge in [-0.2, -0.15) is 5.10 Å². The van der Waals surface area contributed by atoms with Crippen LogP contribution in [0.5, 0.6) is 5.75 Å². The second-order valence-electron chi connectivity index (χ2n) is 3.38. The number of rotatable bonds is 6. The molecule has 17 heavy (non-hydrogen) atoms. The van der Waals surface area contributed by atoms with Gasteiger partial charge < -0.3 is 10.5 Å². The molecule has 0 spiro atoms. The summed E-state index contributed by atoms with van der Waals surface area (Å²) in [5, 5.41) is 12.4. The average molecular weight is 232 g/mol. The highest BCUT2D eigenvalue weighted by molar-refractivity contribution is 5.93. The third-order valence-corrected chi connectivity index (χ3v) is 2.13. The molecule has 1 aromatic carbocycles. The summed E-state index contributed by atoms with van der Waals surface area (Å²) in [6.45, 7) is 8.83. The van der Waals surface area contributed by atoms with Gasteiger partial charge >= 0.3 is 0 Å². The Labute approximate surface area is 101 Å². The van der Waals surface area contributed by atoms with Crippen LogP contribution in [0.3, 0.4) is 0 Å². The molecule has 0 bridgehead atoms. The number of nitrogens with zero attached hydrogens (tertiary/aromatic N) is 2. The van der Waals surface area contributed by atoms with Crippen LogP contribution in [0, 0.1) is 5.41 Å². The van der Waals surface area contributed by atoms with Gasteiger partial charge in [0, 0.05) is 6.72 Å². The second kappa shape index (κ2) is 5.69. The fourth-order valence-electron chi connectivity index (χ4n) is 1.29. The Hall–Kier alpha value is -2.30. The van der Waals surface area contributed by atoms with Gasteiger partial charge in [-0.3, -0.25) is 5.41 Å². The van der Waals surface area contributed by atoms with Gasteiger partial charge in [0.2, 0.25) is 0 Å². The molecule has 1 unspecified atom stereocenters. The molecule has 1 atom stereocenters. The van der Waals surface area contributed by atoms with Crippen molar-refractivity contribution in [3.63, 3.8) is 0 Å². The van der Waals surface area contributed by atoms with Gasteiger partial charge in [0.1, 0.15) is 11.6 Å². The zero-order chi connectivity index (χ0) is 12.8. The first-order valence-corrected chi connectivity index (χ1v) is 5.07. The van der Waals surface area contributed by atoms with Crippen LogP contribution in [0.15, 0.2) is 47.7 Å². The number of nitrogens with one attached hydrogen (secondary N) is 1. The monoisotopic (exact) mass is 232 g/mol. The van der Waals surface area contributed by atoms with Gasteiger partial charge in [-0.15, -0.1) is 0 Å². The maximum Gasteiger partial charge on any atom is 0.189 e. The van der Waals surface area contributed by atoms with Crippen molar-refractivity contribution in [3.05, 3.63) is 42.6 Å². The van der Waals surface area contributed by atoms with Crippen molar-refractivity contribution in [2.24, 2.45) is 10.8 Å². The van der Waals surface area contributed by atoms with E-state index in [0.717, 1.165) is 0 Å². The molecule has 1 aromatic rings. The molecule has 0 aliphatic rings. The van der Waals surface area contributed by atoms with Crippen LogP contribution in [0.1, 0.15) is 6.92 Å². The first-order valence-electron chi connectivity index (χ1n) is 5.07. The molecule has 1 rings (SSSR count). The minimum absolute atomic E-state index is 0.166. The highest BCUT2D eigenvalue weighted by atomic mass is 16.5. The Bertz CT molecular complexity index is 416. The average Bonchev–Trinajstić information content (AvgIpc) is 2.30. The van der Waals surface area contributed by atoms with E-state index in [9.17, 15) is 0 Å². The first kappa shape index (κ1) is 12.8. The van der Waals surface area contributed by atoms with Crippen molar-refractivity contribution >= 4 is 12.6 Å². The summed E-state index contributed by atoms with van der Waals surface area (Å²) in [6, 6.07) is 9.29. The summed E-state index contributed by atoms with van der Waals surface area (Å²) in [7, 11) is 0. The van der Waals surface area contributed by atoms with Crippen LogP contribution in [-0.2, 0) is 0 Å². The van der Waals surface area contributed by atoms with Crippen molar-refractivity contribution in [3.8, 4) is 5.75 Å². The first-order chi connectivity index (χ1) is 8.06. The summed E-state index contributed by atoms with van der Waals surface area (Å²) >= 11 is 0. The number of hydrazone groups is 1. The van der Waals surface area contributed by atoms with Crippen LogP contribution in [0.4, 0.5) is 0 Å². The van der Waals surface area contributed by atoms with E-state index in [1.54, 1.807) is 6.92 Å². The fourth-order valence-corrected chi connectivity index (χ4v) is 1.29. The quantitative estimate of drug-likeness (QED) is 0.340. The van der Waals surface area contributed by atoms with E-state index in [1.165, 1.54) is 5.01 Å². The molecule has 0 heterocycles. The maximum absolute atomic E-state index is 7.30. The van der Waals surface area contributed by atoms with E-state index >= 15 is 0 Å². The molecule has 5 nitrogen and oxygen atoms in total. The molecule has 0 saturated heterocycles. The van der Waals surface area contributed by atoms with E-state index in [0.29, 0.717) is 5.75 Å². The lowest BCUT2D eigenvalue weighted by atomic mass is 10.3. The highest BCUT2D eigenvalue weighted by Gasteiger charge is 2.17. The van der Waals surface area contributed by atoms with E-state index in [4.69, 9.17) is 15.9 Å². The summed E-state index contributed by atoms with van der Waals surface area (Å²) in [5.74, 6) is 0.533. The topological polar surface area (TPSA) is 74.7 Å². The SMILES string of the molecule is C=NN(C(=C)C(=N)N)C(C)Oc1ccccc1. The Kier molecular flexibility index (Phi) is 4.28. The number of para-hydroxylation sites is 1. The Morgan fingerprint density at radius 3 is 2.53 bits per heavy atom. The number of nitrogens with two attached hydrogens (primary N) is 1. The van der Waals surface area contributed by atoms with E-state index in [2.05, 4.69) is 18.4 Å². The van der Waals surface area contributed by atoms with Crippen LogP contribution in [0.2, 0.25) is 0 Å². The zero-order valence-electron chi connectivity index (χ0n) is 9.76. The minimum atomic E-state index is -0.439. The minimum Gasteiger partial charge on any atom is -0.469 e. The van der Waals surface area contributed by atoms with E-state index in [-0.39, 0.29) is 11.5 Å². The standard InChI is InChI=1S/C12H16N4O/c1-9(12(13)14)16(15-3)10(2)17-11-7-5-4-6-8-11/h4-8,10H,1,3H2,2H3,(H3,13,14). The number of amidine groups is 1. The third-order valence-electron chi connectivity index (χ3n) is 2.13. The lowest BCUT2D eigenvalue weighted by Gasteiger charge is -2.27. The van der Waals surface area contributed by atoms with Crippen LogP contribution >= 0.6 is 0 Å². The van der Waals surface area contributed by atoms with Gasteiger partial charge in [-0.05, 0) is 19.1 Å². The summed E-state index contributed by atoms with van der Waals surface area (Å²) in [6.07, 6.45) is -0.439. The predicted octanol–water partition coefficient (Wildman–Crippen LogP) is 1.78. The molecule has 5 heteroatoms. The molecule has 0 aromatic heterocycles. The van der Waals surface area contributed by atoms with Gasteiger partial charge in [-0.1, -0.05) is 24.8 Å². The normalized spacial score (nSPS) is 11.4. The molecular formula is C12H16N4O. The van der Waals surface area contributed by atoms with E-state index in [1.807, 2.05) is 30.3 Å². The fraction of sp³-hybridized carbons (Fsp3) is 0.167. The maximum atomic E-state index is 7.30. The molecule has 0 aliphatic carbocycles. The van der Waals surface area contributed by atoms with Crippen LogP contribution < -0.4 is 10.5 Å². The summed E-state index contributed by atoms with van der Waals surface area (Å²) < 4.78 is 5.62. The third kappa shape index (κ3) is 3.34. The predicted molar refractivity (Wildman–Crippen MR) is 69.0 cm³/mol. The molecule has 3 N–H and O–H groups in total. The number of ether oxygens (including phenoxy) is 1. The second-order valence-corrected chi connectivity index (χ2v) is 3.38. The van der Waals surface area contributed by atoms with Crippen LogP contribution in [-0.4, -0.2) is 23.8 Å². The molecule has 0 fully saturated rings. The Balaban J connectivity index is 2.74. The lowest BCUT2D eigenvalue weighted by molar-refractivity contribution is 0.0756. The van der Waals surface area contributed by atoms with Gasteiger partial charge in [0.25, 0.3) is 0 Å². The van der Waals surface area contributed by atoms with Gasteiger partial charge in [-0.25, -0.2) is 5.01 Å². The number of hydrogen-bond donors (Lipinski definition) is 2. The van der Waals surface area contributed by atoms with Crippen molar-refractivity contribution < 1.29 is 4.74 Å². The lowest BCUT2D eigenvalue weighted by Crippen LogP contribution is -2.36. The zero-order valence-corrected chi connectivity index (χ0v) is 9.76. The largest absolute Gasteiger partial charge is 0.469 e. The van der Waals surface area contributed by atoms with Crippen molar-refractivity contribution in [2.75, 3.05) is 0 Å². The van der Waals surface area contributed by atoms with Crippen LogP contribution in [0.25, 0.3) is 0 Å². The van der Waals surface area contributed by atoms with Gasteiger partial charge in [0.15, 0.2) is 6.23 Å². The summed E-state index contributed by atoms with van der Waals surface area (Å²) in [5.41, 5.74) is 5.60. The number of hydrogen-bond acceptors (Lipinski definition) is 4. The van der Waals surface area contributed by atoms with Gasteiger partial charge in [0.05, 0.1) is 5.70 Å². The van der Waals surface area contributed by atoms with Crippen molar-refractivity contribution in [1.82, 2.24) is 5.01 Å². The highest BCUT2D eigenvalue weighted by Crippen LogP contribution is 2.15. The van der Waals surface area contributed by atoms with E-state index < -0.39 is 6.23 Å². The smallest absolute Gasteiger partial charge is 0.189 e.